The van der Waals surface area contributed by atoms with E-state index in [1.807, 2.05) is 0 Å². The molecule has 0 aromatic rings. The molecule has 136 valence electrons. The molecule has 0 aromatic carbocycles. The number of carbonyl (C=O) groups excluding carboxylic acids is 1. The number of nitrogens with zero attached hydrogens (tertiary/aromatic N) is 2. The number of hydrogen-bond donors (Lipinski definition) is 0. The molecule has 0 spiro atoms. The van der Waals surface area contributed by atoms with E-state index in [9.17, 15) is 9.18 Å². The van der Waals surface area contributed by atoms with E-state index in [0.29, 0.717) is 32.6 Å². The summed E-state index contributed by atoms with van der Waals surface area (Å²) in [5.74, 6) is -0.662. The summed E-state index contributed by atoms with van der Waals surface area (Å²) in [5.41, 5.74) is 0.798. The Balaban J connectivity index is 2.73. The van der Waals surface area contributed by atoms with Gasteiger partial charge in [-0.15, -0.1) is 6.58 Å². The second kappa shape index (κ2) is 11.9. The Bertz CT molecular complexity index is 452. The molecule has 0 N–H and O–H groups in total. The maximum atomic E-state index is 12.3. The van der Waals surface area contributed by atoms with E-state index in [-0.39, 0.29) is 12.1 Å². The van der Waals surface area contributed by atoms with Gasteiger partial charge in [-0.1, -0.05) is 18.2 Å². The number of allylic oxidation sites excluding steroid dienone is 2. The first-order chi connectivity index (χ1) is 11.7. The van der Waals surface area contributed by atoms with Crippen LogP contribution in [0.4, 0.5) is 4.39 Å². The third-order valence-corrected chi connectivity index (χ3v) is 3.96. The fourth-order valence-electron chi connectivity index (χ4n) is 2.69. The first-order valence-corrected chi connectivity index (χ1v) is 8.45. The molecule has 24 heavy (non-hydrogen) atoms. The van der Waals surface area contributed by atoms with Gasteiger partial charge in [-0.25, -0.2) is 4.39 Å². The van der Waals surface area contributed by atoms with Crippen molar-refractivity contribution in [2.24, 2.45) is 10.9 Å². The number of rotatable bonds is 10. The van der Waals surface area contributed by atoms with Crippen molar-refractivity contribution in [1.29, 1.82) is 0 Å². The molecule has 0 amide bonds. The molecule has 0 radical (unpaired) electrons. The minimum atomic E-state index is -0.491. The minimum Gasteiger partial charge on any atom is -0.465 e. The predicted octanol–water partition coefficient (Wildman–Crippen LogP) is 2.43. The molecule has 0 bridgehead atoms. The van der Waals surface area contributed by atoms with E-state index in [1.54, 1.807) is 26.1 Å². The Morgan fingerprint density at radius 2 is 2.33 bits per heavy atom. The fourth-order valence-corrected chi connectivity index (χ4v) is 2.69. The predicted molar refractivity (Wildman–Crippen MR) is 94.2 cm³/mol. The molecule has 6 heteroatoms. The molecule has 1 heterocycles. The van der Waals surface area contributed by atoms with Crippen LogP contribution >= 0.6 is 0 Å². The van der Waals surface area contributed by atoms with Gasteiger partial charge in [0.1, 0.15) is 6.67 Å². The summed E-state index contributed by atoms with van der Waals surface area (Å²) in [6.45, 7) is 8.17. The molecule has 1 fully saturated rings. The Hall–Kier alpha value is -1.53. The summed E-state index contributed by atoms with van der Waals surface area (Å²) in [6, 6.07) is 0. The van der Waals surface area contributed by atoms with Gasteiger partial charge in [0, 0.05) is 32.4 Å². The van der Waals surface area contributed by atoms with Crippen LogP contribution < -0.4 is 0 Å². The smallest absolute Gasteiger partial charge is 0.314 e. The van der Waals surface area contributed by atoms with Crippen LogP contribution in [0.25, 0.3) is 0 Å². The highest BCUT2D eigenvalue weighted by Gasteiger charge is 2.28. The van der Waals surface area contributed by atoms with Gasteiger partial charge in [0.05, 0.1) is 25.2 Å². The second-order valence-corrected chi connectivity index (χ2v) is 5.60. The molecule has 1 aliphatic rings. The van der Waals surface area contributed by atoms with E-state index < -0.39 is 12.6 Å². The lowest BCUT2D eigenvalue weighted by molar-refractivity contribution is -0.145. The third-order valence-electron chi connectivity index (χ3n) is 3.96. The standard InChI is InChI=1S/C18H29FN2O3/c1-4-15-13-21(11-12-24-15)14-17(20-3)16(18(22)23-5-2)9-7-6-8-10-19/h4,6,8,15-16H,1,5,7,9-14H2,2-3H3. The van der Waals surface area contributed by atoms with Crippen LogP contribution in [-0.2, 0) is 14.3 Å². The van der Waals surface area contributed by atoms with Crippen LogP contribution in [0.3, 0.4) is 0 Å². The number of aliphatic imine (C=N–C) groups is 1. The lowest BCUT2D eigenvalue weighted by Crippen LogP contribution is -2.45. The zero-order chi connectivity index (χ0) is 17.8. The summed E-state index contributed by atoms with van der Waals surface area (Å²) in [4.78, 5) is 18.9. The van der Waals surface area contributed by atoms with Gasteiger partial charge in [0.15, 0.2) is 0 Å². The van der Waals surface area contributed by atoms with Crippen molar-refractivity contribution in [3.8, 4) is 0 Å². The average molecular weight is 340 g/mol. The van der Waals surface area contributed by atoms with Crippen molar-refractivity contribution in [3.05, 3.63) is 24.8 Å². The summed E-state index contributed by atoms with van der Waals surface area (Å²) >= 11 is 0. The first kappa shape index (κ1) is 20.5. The van der Waals surface area contributed by atoms with Gasteiger partial charge in [-0.3, -0.25) is 14.7 Å². The van der Waals surface area contributed by atoms with Crippen molar-refractivity contribution < 1.29 is 18.7 Å². The van der Waals surface area contributed by atoms with Crippen LogP contribution in [0.1, 0.15) is 19.8 Å². The van der Waals surface area contributed by atoms with Crippen molar-refractivity contribution in [2.75, 3.05) is 46.6 Å². The van der Waals surface area contributed by atoms with E-state index in [2.05, 4.69) is 16.5 Å². The van der Waals surface area contributed by atoms with Crippen LogP contribution in [0, 0.1) is 5.92 Å². The highest BCUT2D eigenvalue weighted by atomic mass is 19.1. The molecule has 0 aliphatic carbocycles. The first-order valence-electron chi connectivity index (χ1n) is 8.45. The molecule has 1 aliphatic heterocycles. The van der Waals surface area contributed by atoms with Gasteiger partial charge in [-0.05, 0) is 19.8 Å². The van der Waals surface area contributed by atoms with Crippen LogP contribution in [-0.4, -0.2) is 69.3 Å². The normalized spacial score (nSPS) is 21.0. The van der Waals surface area contributed by atoms with Crippen LogP contribution in [0.15, 0.2) is 29.8 Å². The van der Waals surface area contributed by atoms with Gasteiger partial charge < -0.3 is 9.47 Å². The van der Waals surface area contributed by atoms with E-state index in [0.717, 1.165) is 18.8 Å². The third kappa shape index (κ3) is 6.93. The molecule has 2 atom stereocenters. The number of hydrogen-bond acceptors (Lipinski definition) is 5. The number of ether oxygens (including phenoxy) is 2. The topological polar surface area (TPSA) is 51.1 Å². The average Bonchev–Trinajstić information content (AvgIpc) is 2.60. The lowest BCUT2D eigenvalue weighted by Gasteiger charge is -2.32. The van der Waals surface area contributed by atoms with Gasteiger partial charge in [0.2, 0.25) is 0 Å². The lowest BCUT2D eigenvalue weighted by atomic mass is 9.96. The monoisotopic (exact) mass is 340 g/mol. The minimum absolute atomic E-state index is 0.00499. The quantitative estimate of drug-likeness (QED) is 0.348. The summed E-state index contributed by atoms with van der Waals surface area (Å²) in [5, 5.41) is 0. The zero-order valence-corrected chi connectivity index (χ0v) is 14.7. The summed E-state index contributed by atoms with van der Waals surface area (Å²) in [6.07, 6.45) is 6.19. The van der Waals surface area contributed by atoms with E-state index in [4.69, 9.17) is 9.47 Å². The molecular weight excluding hydrogens is 311 g/mol. The van der Waals surface area contributed by atoms with Gasteiger partial charge in [0.25, 0.3) is 0 Å². The van der Waals surface area contributed by atoms with Crippen LogP contribution in [0.5, 0.6) is 0 Å². The van der Waals surface area contributed by atoms with Crippen molar-refractivity contribution >= 4 is 11.7 Å². The second-order valence-electron chi connectivity index (χ2n) is 5.60. The number of alkyl halides is 1. The van der Waals surface area contributed by atoms with Crippen LogP contribution in [0.2, 0.25) is 0 Å². The molecule has 1 rings (SSSR count). The summed E-state index contributed by atoms with van der Waals surface area (Å²) < 4.78 is 22.9. The highest BCUT2D eigenvalue weighted by Crippen LogP contribution is 2.15. The van der Waals surface area contributed by atoms with Crippen molar-refractivity contribution in [3.63, 3.8) is 0 Å². The van der Waals surface area contributed by atoms with Gasteiger partial charge in [-0.2, -0.15) is 0 Å². The molecule has 1 saturated heterocycles. The number of carbonyl (C=O) groups is 1. The molecule has 5 nitrogen and oxygen atoms in total. The number of halogens is 1. The largest absolute Gasteiger partial charge is 0.465 e. The van der Waals surface area contributed by atoms with Gasteiger partial charge >= 0.3 is 5.97 Å². The van der Waals surface area contributed by atoms with Crippen molar-refractivity contribution in [2.45, 2.75) is 25.9 Å². The molecule has 0 saturated carbocycles. The fraction of sp³-hybridized carbons (Fsp3) is 0.667. The maximum Gasteiger partial charge on any atom is 0.314 e. The SMILES string of the molecule is C=CC1CN(CC(=NC)C(CCC=CCF)C(=O)OCC)CCO1. The molecule has 2 unspecified atom stereocenters. The van der Waals surface area contributed by atoms with E-state index in [1.165, 1.54) is 6.08 Å². The summed E-state index contributed by atoms with van der Waals surface area (Å²) in [7, 11) is 1.70. The Morgan fingerprint density at radius 3 is 2.96 bits per heavy atom. The zero-order valence-electron chi connectivity index (χ0n) is 14.7. The van der Waals surface area contributed by atoms with E-state index >= 15 is 0 Å². The Kier molecular flexibility index (Phi) is 10.2. The maximum absolute atomic E-state index is 12.3. The number of morpholine rings is 1. The molecular formula is C18H29FN2O3. The molecule has 0 aromatic heterocycles. The Morgan fingerprint density at radius 1 is 1.54 bits per heavy atom. The van der Waals surface area contributed by atoms with Crippen molar-refractivity contribution in [1.82, 2.24) is 4.90 Å². The highest BCUT2D eigenvalue weighted by molar-refractivity contribution is 6.03. The number of esters is 1. The Labute approximate surface area is 144 Å².